The molecule has 11 heteroatoms. The molecule has 0 amide bonds. The van der Waals surface area contributed by atoms with Crippen molar-refractivity contribution in [3.05, 3.63) is 60.8 Å². The Bertz CT molecular complexity index is 1130. The molecule has 10 nitrogen and oxygen atoms in total. The molecule has 0 aromatic rings. The van der Waals surface area contributed by atoms with E-state index in [1.165, 1.54) is 70.6 Å². The lowest BCUT2D eigenvalue weighted by Gasteiger charge is -2.20. The quantitative estimate of drug-likeness (QED) is 0.0235. The molecule has 0 radical (unpaired) electrons. The third-order valence-corrected chi connectivity index (χ3v) is 10.2. The molecular formula is C46H81O10P. The Hall–Kier alpha value is -2.33. The van der Waals surface area contributed by atoms with Crippen molar-refractivity contribution in [2.75, 3.05) is 26.4 Å². The summed E-state index contributed by atoms with van der Waals surface area (Å²) in [6.07, 6.45) is 46.3. The van der Waals surface area contributed by atoms with Gasteiger partial charge in [0.15, 0.2) is 0 Å². The van der Waals surface area contributed by atoms with Crippen molar-refractivity contribution in [1.82, 2.24) is 0 Å². The fourth-order valence-electron chi connectivity index (χ4n) is 5.81. The van der Waals surface area contributed by atoms with Gasteiger partial charge in [-0.25, -0.2) is 4.57 Å². The number of aliphatic hydroxyl groups excluding tert-OH is 2. The van der Waals surface area contributed by atoms with Crippen LogP contribution in [0.1, 0.15) is 181 Å². The second kappa shape index (κ2) is 41.8. The van der Waals surface area contributed by atoms with Crippen LogP contribution >= 0.6 is 7.82 Å². The Balaban J connectivity index is 3.92. The number of phosphoric ester groups is 1. The van der Waals surface area contributed by atoms with Crippen LogP contribution in [-0.4, -0.2) is 65.7 Å². The molecule has 0 aromatic heterocycles. The number of rotatable bonds is 41. The van der Waals surface area contributed by atoms with Gasteiger partial charge in [-0.2, -0.15) is 0 Å². The van der Waals surface area contributed by atoms with E-state index in [-0.39, 0.29) is 12.8 Å². The van der Waals surface area contributed by atoms with Crippen molar-refractivity contribution in [3.8, 4) is 0 Å². The molecule has 3 unspecified atom stereocenters. The number of carbonyl (C=O) groups is 2. The standard InChI is InChI=1S/C46H81O10P/c1-3-5-7-9-11-13-15-17-18-19-20-21-22-23-24-26-28-30-32-34-36-38-46(50)56-44(40-48)42-54-57(51,52)53-41-43(39-47)55-45(49)37-35-33-31-29-27-25-16-14-12-10-8-6-4-2/h6,8,12,14-15,17,19-20,25,27,43-44,47-48H,3-5,7,9-11,13,16,18,21-24,26,28-42H2,1-2H3,(H,51,52)/b8-6-,14-12-,17-15-,20-19-,27-25-. The van der Waals surface area contributed by atoms with Gasteiger partial charge >= 0.3 is 19.8 Å². The first-order valence-corrected chi connectivity index (χ1v) is 23.7. The maximum atomic E-state index is 12.4. The predicted molar refractivity (Wildman–Crippen MR) is 233 cm³/mol. The van der Waals surface area contributed by atoms with E-state index in [0.717, 1.165) is 70.6 Å². The van der Waals surface area contributed by atoms with Crippen molar-refractivity contribution in [3.63, 3.8) is 0 Å². The highest BCUT2D eigenvalue weighted by molar-refractivity contribution is 7.47. The number of carbonyl (C=O) groups excluding carboxylic acids is 2. The molecule has 0 saturated heterocycles. The number of hydrogen-bond acceptors (Lipinski definition) is 9. The van der Waals surface area contributed by atoms with Gasteiger partial charge in [0, 0.05) is 12.8 Å². The summed E-state index contributed by atoms with van der Waals surface area (Å²) in [6, 6.07) is 0. The molecule has 0 heterocycles. The first-order valence-electron chi connectivity index (χ1n) is 22.2. The minimum Gasteiger partial charge on any atom is -0.457 e. The van der Waals surface area contributed by atoms with Crippen LogP contribution in [0.25, 0.3) is 0 Å². The number of ether oxygens (including phenoxy) is 2. The number of hydrogen-bond donors (Lipinski definition) is 3. The number of esters is 2. The van der Waals surface area contributed by atoms with Crippen LogP contribution in [0.3, 0.4) is 0 Å². The van der Waals surface area contributed by atoms with Gasteiger partial charge in [-0.05, 0) is 77.0 Å². The lowest BCUT2D eigenvalue weighted by Crippen LogP contribution is -2.28. The largest absolute Gasteiger partial charge is 0.472 e. The molecule has 0 aliphatic rings. The highest BCUT2D eigenvalue weighted by atomic mass is 31.2. The molecule has 0 bridgehead atoms. The van der Waals surface area contributed by atoms with Gasteiger partial charge < -0.3 is 24.6 Å². The highest BCUT2D eigenvalue weighted by Gasteiger charge is 2.27. The van der Waals surface area contributed by atoms with E-state index in [0.29, 0.717) is 12.8 Å². The third-order valence-electron chi connectivity index (χ3n) is 9.21. The summed E-state index contributed by atoms with van der Waals surface area (Å²) in [7, 11) is -4.65. The van der Waals surface area contributed by atoms with Crippen LogP contribution in [-0.2, 0) is 32.7 Å². The van der Waals surface area contributed by atoms with Gasteiger partial charge in [0.2, 0.25) is 0 Å². The zero-order chi connectivity index (χ0) is 41.9. The van der Waals surface area contributed by atoms with Gasteiger partial charge in [0.1, 0.15) is 12.2 Å². The average molecular weight is 825 g/mol. The number of phosphoric acid groups is 1. The average Bonchev–Trinajstić information content (AvgIpc) is 3.20. The van der Waals surface area contributed by atoms with Gasteiger partial charge in [0.25, 0.3) is 0 Å². The van der Waals surface area contributed by atoms with Gasteiger partial charge in [-0.15, -0.1) is 0 Å². The summed E-state index contributed by atoms with van der Waals surface area (Å²) in [5, 5.41) is 19.2. The smallest absolute Gasteiger partial charge is 0.457 e. The Kier molecular flexibility index (Phi) is 40.1. The van der Waals surface area contributed by atoms with Crippen LogP contribution in [0.4, 0.5) is 0 Å². The third kappa shape index (κ3) is 40.2. The van der Waals surface area contributed by atoms with Crippen molar-refractivity contribution in [2.45, 2.75) is 193 Å². The normalized spacial score (nSPS) is 14.4. The molecule has 0 aliphatic heterocycles. The summed E-state index contributed by atoms with van der Waals surface area (Å²) in [6.45, 7) is 2.04. The lowest BCUT2D eigenvalue weighted by atomic mass is 10.1. The molecule has 57 heavy (non-hydrogen) atoms. The van der Waals surface area contributed by atoms with Crippen molar-refractivity contribution >= 4 is 19.8 Å². The van der Waals surface area contributed by atoms with Crippen LogP contribution < -0.4 is 0 Å². The van der Waals surface area contributed by atoms with E-state index in [1.807, 2.05) is 0 Å². The molecule has 0 aromatic carbocycles. The summed E-state index contributed by atoms with van der Waals surface area (Å²) in [4.78, 5) is 34.5. The highest BCUT2D eigenvalue weighted by Crippen LogP contribution is 2.43. The summed E-state index contributed by atoms with van der Waals surface area (Å²) in [5.74, 6) is -1.06. The molecule has 0 aliphatic carbocycles. The summed E-state index contributed by atoms with van der Waals surface area (Å²) in [5.41, 5.74) is 0. The van der Waals surface area contributed by atoms with E-state index in [1.54, 1.807) is 0 Å². The maximum Gasteiger partial charge on any atom is 0.472 e. The zero-order valence-corrected chi connectivity index (χ0v) is 36.7. The molecule has 0 rings (SSSR count). The van der Waals surface area contributed by atoms with Crippen molar-refractivity contribution in [1.29, 1.82) is 0 Å². The molecular weight excluding hydrogens is 743 g/mol. The van der Waals surface area contributed by atoms with Crippen molar-refractivity contribution < 1.29 is 47.8 Å². The minimum atomic E-state index is -4.65. The molecule has 0 saturated carbocycles. The van der Waals surface area contributed by atoms with Gasteiger partial charge in [-0.1, -0.05) is 152 Å². The summed E-state index contributed by atoms with van der Waals surface area (Å²) >= 11 is 0. The number of unbranched alkanes of at least 4 members (excludes halogenated alkanes) is 17. The SMILES string of the molecule is CC/C=C\C/C=C\C/C=C\CCCCCC(=O)OC(CO)COP(=O)(O)OCC(CO)OC(=O)CCCCCCCCCCC/C=C\C/C=C\CCCCCCC. The van der Waals surface area contributed by atoms with Crippen LogP contribution in [0, 0.1) is 0 Å². The van der Waals surface area contributed by atoms with Crippen LogP contribution in [0.5, 0.6) is 0 Å². The molecule has 3 atom stereocenters. The summed E-state index contributed by atoms with van der Waals surface area (Å²) < 4.78 is 32.5. The monoisotopic (exact) mass is 825 g/mol. The van der Waals surface area contributed by atoms with E-state index in [9.17, 15) is 29.3 Å². The molecule has 0 spiro atoms. The first kappa shape index (κ1) is 54.7. The fourth-order valence-corrected chi connectivity index (χ4v) is 6.59. The predicted octanol–water partition coefficient (Wildman–Crippen LogP) is 11.9. The lowest BCUT2D eigenvalue weighted by molar-refractivity contribution is -0.153. The Morgan fingerprint density at radius 2 is 0.825 bits per heavy atom. The molecule has 0 fully saturated rings. The minimum absolute atomic E-state index is 0.154. The Morgan fingerprint density at radius 1 is 0.491 bits per heavy atom. The molecule has 3 N–H and O–H groups in total. The second-order valence-electron chi connectivity index (χ2n) is 14.6. The Morgan fingerprint density at radius 3 is 1.21 bits per heavy atom. The van der Waals surface area contributed by atoms with Crippen LogP contribution in [0.2, 0.25) is 0 Å². The van der Waals surface area contributed by atoms with Crippen molar-refractivity contribution in [2.24, 2.45) is 0 Å². The Labute approximate surface area is 346 Å². The van der Waals surface area contributed by atoms with E-state index < -0.39 is 58.4 Å². The second-order valence-corrected chi connectivity index (χ2v) is 16.1. The topological polar surface area (TPSA) is 149 Å². The van der Waals surface area contributed by atoms with Gasteiger partial charge in [0.05, 0.1) is 26.4 Å². The van der Waals surface area contributed by atoms with E-state index in [4.69, 9.17) is 18.5 Å². The molecule has 330 valence electrons. The van der Waals surface area contributed by atoms with Crippen LogP contribution in [0.15, 0.2) is 60.8 Å². The number of aliphatic hydroxyl groups is 2. The zero-order valence-electron chi connectivity index (χ0n) is 35.8. The van der Waals surface area contributed by atoms with Gasteiger partial charge in [-0.3, -0.25) is 18.6 Å². The van der Waals surface area contributed by atoms with E-state index in [2.05, 4.69) is 74.6 Å². The number of allylic oxidation sites excluding steroid dienone is 10. The van der Waals surface area contributed by atoms with E-state index >= 15 is 0 Å². The first-order chi connectivity index (χ1) is 27.8. The maximum absolute atomic E-state index is 12.4. The fraction of sp³-hybridized carbons (Fsp3) is 0.739.